The number of carbonyl (C=O) groups excluding carboxylic acids is 2. The molecule has 2 rings (SSSR count). The Bertz CT molecular complexity index is 542. The van der Waals surface area contributed by atoms with E-state index in [1.54, 1.807) is 0 Å². The van der Waals surface area contributed by atoms with E-state index >= 15 is 0 Å². The smallest absolute Gasteiger partial charge is 0.250 e. The van der Waals surface area contributed by atoms with Crippen LogP contribution in [0, 0.1) is 5.82 Å². The molecule has 7 heteroatoms. The van der Waals surface area contributed by atoms with Gasteiger partial charge in [-0.05, 0) is 18.6 Å². The lowest BCUT2D eigenvalue weighted by Crippen LogP contribution is -2.58. The average Bonchev–Trinajstić information content (AvgIpc) is 2.33. The molecule has 1 unspecified atom stereocenters. The molecule has 4 nitrogen and oxygen atoms in total. The van der Waals surface area contributed by atoms with Crippen molar-refractivity contribution >= 4 is 40.7 Å². The Morgan fingerprint density at radius 2 is 1.95 bits per heavy atom. The van der Waals surface area contributed by atoms with Crippen LogP contribution in [0.1, 0.15) is 19.8 Å². The molecule has 1 N–H and O–H groups in total. The van der Waals surface area contributed by atoms with E-state index in [1.807, 2.05) is 6.92 Å². The van der Waals surface area contributed by atoms with E-state index in [0.717, 1.165) is 18.6 Å². The third kappa shape index (κ3) is 2.88. The molecule has 1 aliphatic rings. The highest BCUT2D eigenvalue weighted by Gasteiger charge is 2.34. The highest BCUT2D eigenvalue weighted by molar-refractivity contribution is 6.40. The monoisotopic (exact) mass is 318 g/mol. The van der Waals surface area contributed by atoms with E-state index in [0.29, 0.717) is 6.42 Å². The molecule has 0 aliphatic carbocycles. The molecule has 1 aromatic rings. The number of nitrogens with one attached hydrogen (secondary N) is 1. The zero-order chi connectivity index (χ0) is 14.9. The first-order valence-electron chi connectivity index (χ1n) is 6.19. The summed E-state index contributed by atoms with van der Waals surface area (Å²) in [5.41, 5.74) is 0.177. The first kappa shape index (κ1) is 15.1. The van der Waals surface area contributed by atoms with Gasteiger partial charge < -0.3 is 5.32 Å². The third-order valence-electron chi connectivity index (χ3n) is 3.03. The number of amides is 2. The van der Waals surface area contributed by atoms with Gasteiger partial charge in [0.2, 0.25) is 11.8 Å². The molecule has 0 saturated carbocycles. The maximum Gasteiger partial charge on any atom is 0.250 e. The predicted molar refractivity (Wildman–Crippen MR) is 75.6 cm³/mol. The molecule has 0 spiro atoms. The van der Waals surface area contributed by atoms with Crippen molar-refractivity contribution in [2.45, 2.75) is 25.8 Å². The van der Waals surface area contributed by atoms with E-state index in [1.165, 1.54) is 4.90 Å². The van der Waals surface area contributed by atoms with Crippen LogP contribution in [0.25, 0.3) is 0 Å². The number of anilines is 1. The number of benzene rings is 1. The van der Waals surface area contributed by atoms with Gasteiger partial charge in [0, 0.05) is 0 Å². The molecule has 1 saturated heterocycles. The van der Waals surface area contributed by atoms with Crippen LogP contribution in [0.15, 0.2) is 12.1 Å². The Labute approximate surface area is 125 Å². The first-order valence-corrected chi connectivity index (χ1v) is 6.95. The lowest BCUT2D eigenvalue weighted by molar-refractivity contribution is -0.131. The van der Waals surface area contributed by atoms with Crippen LogP contribution >= 0.6 is 23.2 Å². The van der Waals surface area contributed by atoms with Crippen molar-refractivity contribution < 1.29 is 14.0 Å². The molecule has 2 amide bonds. The normalized spacial score (nSPS) is 19.2. The fraction of sp³-hybridized carbons (Fsp3) is 0.385. The minimum Gasteiger partial charge on any atom is -0.343 e. The number of carbonyl (C=O) groups is 2. The largest absolute Gasteiger partial charge is 0.343 e. The average molecular weight is 319 g/mol. The summed E-state index contributed by atoms with van der Waals surface area (Å²) in [7, 11) is 0. The molecule has 20 heavy (non-hydrogen) atoms. The van der Waals surface area contributed by atoms with Gasteiger partial charge in [-0.15, -0.1) is 0 Å². The van der Waals surface area contributed by atoms with E-state index in [4.69, 9.17) is 23.2 Å². The van der Waals surface area contributed by atoms with Crippen LogP contribution in [0.4, 0.5) is 10.1 Å². The lowest BCUT2D eigenvalue weighted by atomic mass is 10.1. The lowest BCUT2D eigenvalue weighted by Gasteiger charge is -2.33. The van der Waals surface area contributed by atoms with Gasteiger partial charge in [-0.3, -0.25) is 14.5 Å². The molecule has 0 bridgehead atoms. The van der Waals surface area contributed by atoms with Crippen LogP contribution in [-0.2, 0) is 9.59 Å². The van der Waals surface area contributed by atoms with Gasteiger partial charge in [0.05, 0.1) is 15.7 Å². The van der Waals surface area contributed by atoms with Gasteiger partial charge in [0.25, 0.3) is 0 Å². The maximum atomic E-state index is 13.2. The van der Waals surface area contributed by atoms with Crippen LogP contribution in [0.5, 0.6) is 0 Å². The van der Waals surface area contributed by atoms with E-state index < -0.39 is 11.9 Å². The second kappa shape index (κ2) is 5.97. The SMILES string of the molecule is CCCC1NC(=O)CN(c2c(Cl)cc(F)cc2Cl)C1=O. The minimum atomic E-state index is -0.599. The molecule has 1 aliphatic heterocycles. The fourth-order valence-electron chi connectivity index (χ4n) is 2.18. The predicted octanol–water partition coefficient (Wildman–Crippen LogP) is 2.76. The van der Waals surface area contributed by atoms with Crippen LogP contribution < -0.4 is 10.2 Å². The number of piperazine rings is 1. The molecule has 1 aromatic carbocycles. The zero-order valence-corrected chi connectivity index (χ0v) is 12.3. The Hall–Kier alpha value is -1.33. The Morgan fingerprint density at radius 3 is 2.50 bits per heavy atom. The van der Waals surface area contributed by atoms with Crippen LogP contribution in [0.2, 0.25) is 10.0 Å². The summed E-state index contributed by atoms with van der Waals surface area (Å²) in [6, 6.07) is 1.54. The van der Waals surface area contributed by atoms with Gasteiger partial charge in [-0.2, -0.15) is 0 Å². The van der Waals surface area contributed by atoms with Gasteiger partial charge >= 0.3 is 0 Å². The molecular formula is C13H13Cl2FN2O2. The summed E-state index contributed by atoms with van der Waals surface area (Å²) in [5.74, 6) is -1.18. The zero-order valence-electron chi connectivity index (χ0n) is 10.8. The molecule has 1 atom stereocenters. The highest BCUT2D eigenvalue weighted by atomic mass is 35.5. The number of nitrogens with zero attached hydrogens (tertiary/aromatic N) is 1. The summed E-state index contributed by atoms with van der Waals surface area (Å²) < 4.78 is 13.2. The maximum absolute atomic E-state index is 13.2. The standard InChI is InChI=1S/C13H13Cl2FN2O2/c1-2-3-10-13(20)18(6-11(19)17-10)12-8(14)4-7(16)5-9(12)15/h4-5,10H,2-3,6H2,1H3,(H,17,19). The molecule has 0 aromatic heterocycles. The molecule has 1 heterocycles. The molecule has 1 fully saturated rings. The van der Waals surface area contributed by atoms with E-state index in [2.05, 4.69) is 5.32 Å². The van der Waals surface area contributed by atoms with Crippen LogP contribution in [0.3, 0.4) is 0 Å². The topological polar surface area (TPSA) is 49.4 Å². The van der Waals surface area contributed by atoms with Crippen LogP contribution in [-0.4, -0.2) is 24.4 Å². The van der Waals surface area contributed by atoms with E-state index in [9.17, 15) is 14.0 Å². The van der Waals surface area contributed by atoms with Crippen molar-refractivity contribution in [3.8, 4) is 0 Å². The second-order valence-electron chi connectivity index (χ2n) is 4.55. The van der Waals surface area contributed by atoms with Gasteiger partial charge in [0.15, 0.2) is 0 Å². The van der Waals surface area contributed by atoms with Gasteiger partial charge in [-0.25, -0.2) is 4.39 Å². The van der Waals surface area contributed by atoms with Crippen molar-refractivity contribution in [3.05, 3.63) is 28.0 Å². The summed E-state index contributed by atoms with van der Waals surface area (Å²) >= 11 is 11.9. The molecular weight excluding hydrogens is 306 g/mol. The number of rotatable bonds is 3. The summed E-state index contributed by atoms with van der Waals surface area (Å²) in [6.07, 6.45) is 1.27. The number of hydrogen-bond acceptors (Lipinski definition) is 2. The first-order chi connectivity index (χ1) is 9.43. The Balaban J connectivity index is 2.40. The van der Waals surface area contributed by atoms with Gasteiger partial charge in [-0.1, -0.05) is 36.5 Å². The van der Waals surface area contributed by atoms with Crippen molar-refractivity contribution in [1.29, 1.82) is 0 Å². The quantitative estimate of drug-likeness (QED) is 0.931. The Kier molecular flexibility index (Phi) is 4.50. The molecule has 108 valence electrons. The van der Waals surface area contributed by atoms with Crippen molar-refractivity contribution in [2.75, 3.05) is 11.4 Å². The minimum absolute atomic E-state index is 0.00768. The Morgan fingerprint density at radius 1 is 1.35 bits per heavy atom. The number of halogens is 3. The summed E-state index contributed by atoms with van der Waals surface area (Å²) in [4.78, 5) is 25.3. The van der Waals surface area contributed by atoms with Crippen molar-refractivity contribution in [1.82, 2.24) is 5.32 Å². The van der Waals surface area contributed by atoms with E-state index in [-0.39, 0.29) is 34.1 Å². The fourth-order valence-corrected chi connectivity index (χ4v) is 2.84. The second-order valence-corrected chi connectivity index (χ2v) is 5.37. The van der Waals surface area contributed by atoms with Crippen molar-refractivity contribution in [3.63, 3.8) is 0 Å². The van der Waals surface area contributed by atoms with Crippen molar-refractivity contribution in [2.24, 2.45) is 0 Å². The molecule has 0 radical (unpaired) electrons. The number of hydrogen-bond donors (Lipinski definition) is 1. The van der Waals surface area contributed by atoms with Gasteiger partial charge in [0.1, 0.15) is 18.4 Å². The summed E-state index contributed by atoms with van der Waals surface area (Å²) in [6.45, 7) is 1.74. The summed E-state index contributed by atoms with van der Waals surface area (Å²) in [5, 5.41) is 2.64. The third-order valence-corrected chi connectivity index (χ3v) is 3.61. The highest BCUT2D eigenvalue weighted by Crippen LogP contribution is 2.35.